The molecule has 2 aromatic rings. The molecule has 1 aromatic carbocycles. The molecule has 3 rings (SSSR count). The minimum absolute atomic E-state index is 0.00249. The highest BCUT2D eigenvalue weighted by Crippen LogP contribution is 2.18. The lowest BCUT2D eigenvalue weighted by molar-refractivity contribution is 0.0691. The van der Waals surface area contributed by atoms with Crippen LogP contribution in [0.25, 0.3) is 0 Å². The van der Waals surface area contributed by atoms with Crippen LogP contribution in [0.4, 0.5) is 5.82 Å². The van der Waals surface area contributed by atoms with E-state index in [9.17, 15) is 4.79 Å². The fraction of sp³-hybridized carbons (Fsp3) is 0.421. The number of benzene rings is 1. The Morgan fingerprint density at radius 1 is 1.21 bits per heavy atom. The first-order valence-electron chi connectivity index (χ1n) is 8.52. The molecule has 5 heteroatoms. The van der Waals surface area contributed by atoms with Crippen molar-refractivity contribution in [1.82, 2.24) is 14.9 Å². The Hall–Kier alpha value is -2.43. The number of aromatic nitrogens is 2. The summed E-state index contributed by atoms with van der Waals surface area (Å²) in [6.07, 6.45) is 3.59. The molecule has 1 amide bonds. The van der Waals surface area contributed by atoms with E-state index < -0.39 is 0 Å². The standard InChI is InChI=1S/C19H24N4O/c1-14-3-5-16(6-4-14)12-20-18-11-17(21-13-22-18)19(24)23-9-7-15(2)8-10-23/h3-6,11,13,15H,7-10,12H2,1-2H3,(H,20,21,22). The van der Waals surface area contributed by atoms with Gasteiger partial charge < -0.3 is 10.2 Å². The SMILES string of the molecule is Cc1ccc(CNc2cc(C(=O)N3CCC(C)CC3)ncn2)cc1. The molecule has 1 aliphatic rings. The number of amides is 1. The second-order valence-electron chi connectivity index (χ2n) is 6.60. The second-order valence-corrected chi connectivity index (χ2v) is 6.60. The highest BCUT2D eigenvalue weighted by Gasteiger charge is 2.22. The molecule has 0 radical (unpaired) electrons. The molecular formula is C19H24N4O. The van der Waals surface area contributed by atoms with Gasteiger partial charge in [-0.2, -0.15) is 0 Å². The molecule has 0 saturated carbocycles. The summed E-state index contributed by atoms with van der Waals surface area (Å²) in [5.41, 5.74) is 2.88. The molecule has 2 heterocycles. The number of nitrogens with one attached hydrogen (secondary N) is 1. The number of nitrogens with zero attached hydrogens (tertiary/aromatic N) is 3. The third-order valence-corrected chi connectivity index (χ3v) is 4.55. The Kier molecular flexibility index (Phi) is 5.08. The summed E-state index contributed by atoms with van der Waals surface area (Å²) in [6, 6.07) is 10.1. The lowest BCUT2D eigenvalue weighted by Crippen LogP contribution is -2.38. The number of rotatable bonds is 4. The first kappa shape index (κ1) is 16.4. The van der Waals surface area contributed by atoms with Gasteiger partial charge in [0.25, 0.3) is 5.91 Å². The molecule has 0 aliphatic carbocycles. The Bertz CT molecular complexity index is 691. The third kappa shape index (κ3) is 4.10. The van der Waals surface area contributed by atoms with Crippen molar-refractivity contribution in [3.05, 3.63) is 53.5 Å². The van der Waals surface area contributed by atoms with Gasteiger partial charge in [-0.05, 0) is 31.2 Å². The average Bonchev–Trinajstić information content (AvgIpc) is 2.61. The zero-order valence-corrected chi connectivity index (χ0v) is 14.3. The van der Waals surface area contributed by atoms with E-state index in [1.807, 2.05) is 4.90 Å². The number of carbonyl (C=O) groups is 1. The van der Waals surface area contributed by atoms with Gasteiger partial charge in [0, 0.05) is 25.7 Å². The molecule has 0 spiro atoms. The smallest absolute Gasteiger partial charge is 0.272 e. The van der Waals surface area contributed by atoms with Crippen LogP contribution in [-0.4, -0.2) is 33.9 Å². The largest absolute Gasteiger partial charge is 0.366 e. The molecular weight excluding hydrogens is 300 g/mol. The molecule has 0 bridgehead atoms. The minimum atomic E-state index is 0.00249. The number of likely N-dealkylation sites (tertiary alicyclic amines) is 1. The fourth-order valence-corrected chi connectivity index (χ4v) is 2.84. The van der Waals surface area contributed by atoms with Crippen LogP contribution in [0.1, 0.15) is 41.4 Å². The Morgan fingerprint density at radius 3 is 2.62 bits per heavy atom. The lowest BCUT2D eigenvalue weighted by Gasteiger charge is -2.30. The van der Waals surface area contributed by atoms with Gasteiger partial charge in [-0.15, -0.1) is 0 Å². The van der Waals surface area contributed by atoms with Crippen molar-refractivity contribution in [1.29, 1.82) is 0 Å². The summed E-state index contributed by atoms with van der Waals surface area (Å²) in [5.74, 6) is 1.38. The number of carbonyl (C=O) groups excluding carboxylic acids is 1. The molecule has 24 heavy (non-hydrogen) atoms. The zero-order valence-electron chi connectivity index (χ0n) is 14.3. The summed E-state index contributed by atoms with van der Waals surface area (Å²) in [4.78, 5) is 22.8. The van der Waals surface area contributed by atoms with Gasteiger partial charge in [0.2, 0.25) is 0 Å². The molecule has 1 fully saturated rings. The maximum absolute atomic E-state index is 12.6. The van der Waals surface area contributed by atoms with Crippen molar-refractivity contribution in [3.63, 3.8) is 0 Å². The molecule has 0 atom stereocenters. The van der Waals surface area contributed by atoms with Crippen molar-refractivity contribution >= 4 is 11.7 Å². The summed E-state index contributed by atoms with van der Waals surface area (Å²) >= 11 is 0. The zero-order chi connectivity index (χ0) is 16.9. The number of aryl methyl sites for hydroxylation is 1. The van der Waals surface area contributed by atoms with E-state index in [1.165, 1.54) is 17.5 Å². The first-order chi connectivity index (χ1) is 11.6. The molecule has 126 valence electrons. The van der Waals surface area contributed by atoms with Crippen LogP contribution in [0.5, 0.6) is 0 Å². The number of piperidine rings is 1. The van der Waals surface area contributed by atoms with E-state index in [0.717, 1.165) is 25.9 Å². The number of hydrogen-bond acceptors (Lipinski definition) is 4. The molecule has 5 nitrogen and oxygen atoms in total. The van der Waals surface area contributed by atoms with Crippen LogP contribution in [0, 0.1) is 12.8 Å². The van der Waals surface area contributed by atoms with E-state index in [1.54, 1.807) is 6.07 Å². The van der Waals surface area contributed by atoms with Gasteiger partial charge in [-0.25, -0.2) is 9.97 Å². The first-order valence-corrected chi connectivity index (χ1v) is 8.52. The summed E-state index contributed by atoms with van der Waals surface area (Å²) in [5, 5.41) is 3.26. The Labute approximate surface area is 143 Å². The Balaban J connectivity index is 1.63. The molecule has 1 N–H and O–H groups in total. The minimum Gasteiger partial charge on any atom is -0.366 e. The molecule has 1 saturated heterocycles. The summed E-state index contributed by atoms with van der Waals surface area (Å²) in [6.45, 7) is 6.61. The van der Waals surface area contributed by atoms with Crippen molar-refractivity contribution in [3.8, 4) is 0 Å². The molecule has 0 unspecified atom stereocenters. The number of hydrogen-bond donors (Lipinski definition) is 1. The molecule has 1 aromatic heterocycles. The van der Waals surface area contributed by atoms with Crippen LogP contribution >= 0.6 is 0 Å². The topological polar surface area (TPSA) is 58.1 Å². The van der Waals surface area contributed by atoms with Crippen LogP contribution in [0.2, 0.25) is 0 Å². The highest BCUT2D eigenvalue weighted by atomic mass is 16.2. The maximum atomic E-state index is 12.6. The van der Waals surface area contributed by atoms with Gasteiger partial charge in [-0.3, -0.25) is 4.79 Å². The number of anilines is 1. The van der Waals surface area contributed by atoms with Crippen LogP contribution < -0.4 is 5.32 Å². The monoisotopic (exact) mass is 324 g/mol. The normalized spacial score (nSPS) is 15.3. The van der Waals surface area contributed by atoms with E-state index in [-0.39, 0.29) is 5.91 Å². The van der Waals surface area contributed by atoms with E-state index in [4.69, 9.17) is 0 Å². The van der Waals surface area contributed by atoms with Crippen molar-refractivity contribution in [2.24, 2.45) is 5.92 Å². The Morgan fingerprint density at radius 2 is 1.92 bits per heavy atom. The van der Waals surface area contributed by atoms with Gasteiger partial charge in [0.1, 0.15) is 17.8 Å². The summed E-state index contributed by atoms with van der Waals surface area (Å²) < 4.78 is 0. The van der Waals surface area contributed by atoms with Crippen molar-refractivity contribution < 1.29 is 4.79 Å². The van der Waals surface area contributed by atoms with E-state index >= 15 is 0 Å². The lowest BCUT2D eigenvalue weighted by atomic mass is 9.99. The second kappa shape index (κ2) is 7.43. The quantitative estimate of drug-likeness (QED) is 0.938. The van der Waals surface area contributed by atoms with Gasteiger partial charge in [0.05, 0.1) is 0 Å². The summed E-state index contributed by atoms with van der Waals surface area (Å²) in [7, 11) is 0. The average molecular weight is 324 g/mol. The molecule has 1 aliphatic heterocycles. The van der Waals surface area contributed by atoms with Crippen LogP contribution in [0.15, 0.2) is 36.7 Å². The van der Waals surface area contributed by atoms with E-state index in [0.29, 0.717) is 24.0 Å². The van der Waals surface area contributed by atoms with Gasteiger partial charge in [0.15, 0.2) is 0 Å². The van der Waals surface area contributed by atoms with Crippen molar-refractivity contribution in [2.45, 2.75) is 33.2 Å². The highest BCUT2D eigenvalue weighted by molar-refractivity contribution is 5.92. The third-order valence-electron chi connectivity index (χ3n) is 4.55. The van der Waals surface area contributed by atoms with Crippen molar-refractivity contribution in [2.75, 3.05) is 18.4 Å². The maximum Gasteiger partial charge on any atom is 0.272 e. The van der Waals surface area contributed by atoms with Crippen LogP contribution in [0.3, 0.4) is 0 Å². The van der Waals surface area contributed by atoms with Gasteiger partial charge in [-0.1, -0.05) is 36.8 Å². The van der Waals surface area contributed by atoms with E-state index in [2.05, 4.69) is 53.4 Å². The fourth-order valence-electron chi connectivity index (χ4n) is 2.84. The van der Waals surface area contributed by atoms with Crippen LogP contribution in [-0.2, 0) is 6.54 Å². The predicted octanol–water partition coefficient (Wildman–Crippen LogP) is 3.27. The van der Waals surface area contributed by atoms with Gasteiger partial charge >= 0.3 is 0 Å². The predicted molar refractivity (Wildman–Crippen MR) is 94.8 cm³/mol.